The summed E-state index contributed by atoms with van der Waals surface area (Å²) in [5, 5.41) is 3.42. The predicted octanol–water partition coefficient (Wildman–Crippen LogP) is 9.29. The Balaban J connectivity index is 0.000000215. The quantitative estimate of drug-likeness (QED) is 0.0620. The molecule has 9 unspecified atom stereocenters. The van der Waals surface area contributed by atoms with Crippen molar-refractivity contribution in [3.63, 3.8) is 0 Å². The third-order valence-electron chi connectivity index (χ3n) is 18.5. The number of amides is 5. The lowest BCUT2D eigenvalue weighted by Gasteiger charge is -2.51. The van der Waals surface area contributed by atoms with E-state index in [9.17, 15) is 24.0 Å². The molecule has 8 aliphatic rings. The summed E-state index contributed by atoms with van der Waals surface area (Å²) in [5.74, 6) is 0.596. The smallest absolute Gasteiger partial charge is 0.246 e. The first kappa shape index (κ1) is 74.8. The van der Waals surface area contributed by atoms with Crippen LogP contribution in [0.3, 0.4) is 0 Å². The van der Waals surface area contributed by atoms with Crippen LogP contribution in [0.15, 0.2) is 121 Å². The molecule has 498 valence electrons. The topological polar surface area (TPSA) is 166 Å². The molecule has 0 aromatic heterocycles. The Morgan fingerprint density at radius 3 is 1.29 bits per heavy atom. The van der Waals surface area contributed by atoms with Gasteiger partial charge < -0.3 is 43.7 Å². The van der Waals surface area contributed by atoms with E-state index in [0.29, 0.717) is 97.2 Å². The van der Waals surface area contributed by atoms with Crippen LogP contribution in [0.25, 0.3) is 0 Å². The molecule has 8 saturated heterocycles. The van der Waals surface area contributed by atoms with Crippen LogP contribution < -0.4 is 5.32 Å². The Morgan fingerprint density at radius 2 is 0.811 bits per heavy atom. The molecule has 8 bridgehead atoms. The molecule has 8 fully saturated rings. The second-order valence-corrected chi connectivity index (χ2v) is 24.1. The van der Waals surface area contributed by atoms with Gasteiger partial charge >= 0.3 is 0 Å². The van der Waals surface area contributed by atoms with Crippen molar-refractivity contribution in [2.45, 2.75) is 188 Å². The second kappa shape index (κ2) is 38.2. The fourth-order valence-electron chi connectivity index (χ4n) is 13.6. The lowest BCUT2D eigenvalue weighted by atomic mass is 9.90. The van der Waals surface area contributed by atoms with Gasteiger partial charge in [-0.25, -0.2) is 0 Å². The van der Waals surface area contributed by atoms with E-state index in [0.717, 1.165) is 75.6 Å². The van der Waals surface area contributed by atoms with Crippen LogP contribution in [0.5, 0.6) is 0 Å². The molecule has 12 rings (SSSR count). The Labute approximate surface area is 539 Å². The number of rotatable bonds is 21. The number of hydrogen-bond acceptors (Lipinski definition) is 14. The Kier molecular flexibility index (Phi) is 31.7. The van der Waals surface area contributed by atoms with Crippen LogP contribution in [0.2, 0.25) is 0 Å². The highest BCUT2D eigenvalue weighted by atomic mass is 16.5. The van der Waals surface area contributed by atoms with Crippen LogP contribution in [-0.4, -0.2) is 212 Å². The van der Waals surface area contributed by atoms with Crippen molar-refractivity contribution in [2.75, 3.05) is 93.9 Å². The Morgan fingerprint density at radius 1 is 0.411 bits per heavy atom. The number of carbonyl (C=O) groups excluding carboxylic acids is 5. The molecule has 90 heavy (non-hydrogen) atoms. The summed E-state index contributed by atoms with van der Waals surface area (Å²) in [5.41, 5.74) is 4.60. The van der Waals surface area contributed by atoms with Crippen molar-refractivity contribution in [2.24, 2.45) is 0 Å². The molecule has 1 N–H and O–H groups in total. The largest absolute Gasteiger partial charge is 0.375 e. The molecule has 0 aliphatic carbocycles. The Bertz CT molecular complexity index is 2710. The number of methoxy groups -OCH3 is 1. The monoisotopic (exact) mass is 1250 g/mol. The van der Waals surface area contributed by atoms with Crippen molar-refractivity contribution in [1.29, 1.82) is 0 Å². The first-order valence-corrected chi connectivity index (χ1v) is 31.6. The number of likely N-dealkylation sites (N-methyl/N-ethyl adjacent to an activating group) is 3. The van der Waals surface area contributed by atoms with E-state index in [2.05, 4.69) is 46.4 Å². The molecule has 0 spiro atoms. The summed E-state index contributed by atoms with van der Waals surface area (Å²) < 4.78 is 28.4. The standard InChI is InChI=1S/C18H26N2O3.C17H22N2O3.C17H24N2O2.C16H22N2O2.4CH4/c1-19-15-9-6-10-16(19)18(22-2)20(17(15)21)11-12-23-13-14-7-4-3-5-8-14;1-18-14-8-5-9-15(18)17(21)19(16(14)20)10-11-22-12-13-6-3-2-4-7-13;1-18-15-8-5-9-16(18)17(20)19(12-15)10-11-21-13-14-6-3-2-4-7-14;19-16-15-8-4-7-14(17-15)11-18(16)9-10-20-12-13-5-2-1-3-6-13;;;;/h3-5,7-8,15-16,18H,6,9-13H2,1-2H3;2-4,6-7,14-15H,5,8-12H2,1H3;2-4,6-7,15-16H,5,8-13H2,1H3;1-3,5-6,14-15,17H,4,7-12H2;4*1H4. The van der Waals surface area contributed by atoms with Gasteiger partial charge in [-0.3, -0.25) is 43.6 Å². The number of benzene rings is 4. The van der Waals surface area contributed by atoms with Gasteiger partial charge in [0.1, 0.15) is 6.23 Å². The first-order chi connectivity index (χ1) is 42.0. The number of nitrogens with zero attached hydrogens (tertiary/aromatic N) is 7. The Hall–Kier alpha value is -5.93. The lowest BCUT2D eigenvalue weighted by molar-refractivity contribution is -0.181. The molecule has 4 aromatic carbocycles. The minimum Gasteiger partial charge on any atom is -0.375 e. The van der Waals surface area contributed by atoms with Crippen LogP contribution in [-0.2, 0) is 74.1 Å². The summed E-state index contributed by atoms with van der Waals surface area (Å²) in [6.45, 7) is 8.53. The van der Waals surface area contributed by atoms with Gasteiger partial charge in [0.05, 0.1) is 95.7 Å². The molecule has 9 atom stereocenters. The summed E-state index contributed by atoms with van der Waals surface area (Å²) in [4.78, 5) is 75.9. The molecule has 18 heteroatoms. The molecule has 5 amide bonds. The van der Waals surface area contributed by atoms with E-state index in [4.69, 9.17) is 23.7 Å². The van der Waals surface area contributed by atoms with E-state index >= 15 is 0 Å². The number of imide groups is 1. The summed E-state index contributed by atoms with van der Waals surface area (Å²) >= 11 is 0. The number of fused-ring (bicyclic) bond motifs is 8. The highest BCUT2D eigenvalue weighted by Gasteiger charge is 2.48. The van der Waals surface area contributed by atoms with Gasteiger partial charge in [-0.2, -0.15) is 0 Å². The summed E-state index contributed by atoms with van der Waals surface area (Å²) in [7, 11) is 7.71. The second-order valence-electron chi connectivity index (χ2n) is 24.1. The molecule has 8 heterocycles. The SMILES string of the molecule is C.C.C.C.CN1C2CCCC1C(=O)N(CCOCc1ccccc1)C2.CN1C2CCCC1C(=O)N(CCOCc1ccccc1)C2=O.COC1C2CCCC(C(=O)N1CCOCc1ccccc1)N2C.O=C1C2CCCC(CN1CCOCc1ccccc1)N2. The van der Waals surface area contributed by atoms with E-state index in [1.807, 2.05) is 131 Å². The number of piperazine rings is 4. The zero-order valence-corrected chi connectivity index (χ0v) is 51.3. The average molecular weight is 1250 g/mol. The maximum atomic E-state index is 12.7. The van der Waals surface area contributed by atoms with Crippen LogP contribution >= 0.6 is 0 Å². The number of ether oxygens (including phenoxy) is 5. The number of carbonyl (C=O) groups is 5. The van der Waals surface area contributed by atoms with Gasteiger partial charge in [0.2, 0.25) is 29.5 Å². The fourth-order valence-corrected chi connectivity index (χ4v) is 13.6. The molecule has 18 nitrogen and oxygen atoms in total. The van der Waals surface area contributed by atoms with E-state index in [-0.39, 0.29) is 95.7 Å². The molecule has 8 aliphatic heterocycles. The highest BCUT2D eigenvalue weighted by molar-refractivity contribution is 6.03. The third kappa shape index (κ3) is 20.0. The van der Waals surface area contributed by atoms with E-state index < -0.39 is 0 Å². The van der Waals surface area contributed by atoms with Crippen molar-refractivity contribution < 1.29 is 47.7 Å². The van der Waals surface area contributed by atoms with Gasteiger partial charge in [0, 0.05) is 51.9 Å². The van der Waals surface area contributed by atoms with Crippen molar-refractivity contribution >= 4 is 29.5 Å². The minimum atomic E-state index is -0.163. The molecule has 0 radical (unpaired) electrons. The van der Waals surface area contributed by atoms with Crippen LogP contribution in [0.1, 0.15) is 129 Å². The molecular formula is C72H110N8O10. The summed E-state index contributed by atoms with van der Waals surface area (Å²) in [6, 6.07) is 41.5. The maximum absolute atomic E-state index is 12.7. The third-order valence-corrected chi connectivity index (χ3v) is 18.5. The number of hydrogen-bond donors (Lipinski definition) is 1. The number of piperidine rings is 4. The van der Waals surface area contributed by atoms with E-state index in [1.54, 1.807) is 7.11 Å². The normalized spacial score (nSPS) is 25.3. The van der Waals surface area contributed by atoms with Gasteiger partial charge in [0.15, 0.2) is 0 Å². The zero-order chi connectivity index (χ0) is 60.2. The van der Waals surface area contributed by atoms with E-state index in [1.165, 1.54) is 41.7 Å². The van der Waals surface area contributed by atoms with Gasteiger partial charge in [0.25, 0.3) is 0 Å². The first-order valence-electron chi connectivity index (χ1n) is 31.6. The van der Waals surface area contributed by atoms with Crippen molar-refractivity contribution in [3.05, 3.63) is 144 Å². The molecular weight excluding hydrogens is 1140 g/mol. The van der Waals surface area contributed by atoms with Gasteiger partial charge in [-0.1, -0.05) is 151 Å². The highest BCUT2D eigenvalue weighted by Crippen LogP contribution is 2.33. The van der Waals surface area contributed by atoms with Gasteiger partial charge in [-0.15, -0.1) is 0 Å². The zero-order valence-electron chi connectivity index (χ0n) is 51.3. The van der Waals surface area contributed by atoms with Crippen LogP contribution in [0.4, 0.5) is 0 Å². The van der Waals surface area contributed by atoms with Crippen molar-refractivity contribution in [1.82, 2.24) is 39.6 Å². The lowest BCUT2D eigenvalue weighted by Crippen LogP contribution is -2.68. The molecule has 0 saturated carbocycles. The average Bonchev–Trinajstić information content (AvgIpc) is 1.30. The number of likely N-dealkylation sites (tertiary alicyclic amines) is 4. The minimum absolute atomic E-state index is 0. The predicted molar refractivity (Wildman–Crippen MR) is 356 cm³/mol. The maximum Gasteiger partial charge on any atom is 0.246 e. The molecule has 4 aromatic rings. The van der Waals surface area contributed by atoms with Crippen molar-refractivity contribution in [3.8, 4) is 0 Å². The van der Waals surface area contributed by atoms with Gasteiger partial charge in [-0.05, 0) is 120 Å². The summed E-state index contributed by atoms with van der Waals surface area (Å²) in [6.07, 6.45) is 12.4. The van der Waals surface area contributed by atoms with Crippen LogP contribution in [0, 0.1) is 0 Å². The number of nitrogens with one attached hydrogen (secondary N) is 1. The fraction of sp³-hybridized carbons (Fsp3) is 0.597.